The molecule has 0 fully saturated rings. The molecule has 0 saturated heterocycles. The minimum atomic E-state index is -0.436. The molecule has 0 spiro atoms. The summed E-state index contributed by atoms with van der Waals surface area (Å²) in [7, 11) is 0. The van der Waals surface area contributed by atoms with Crippen molar-refractivity contribution in [3.8, 4) is 12.1 Å². The van der Waals surface area contributed by atoms with Gasteiger partial charge in [0.05, 0.1) is 12.1 Å². The molecule has 26 heavy (non-hydrogen) atoms. The Balaban J connectivity index is 1.95. The summed E-state index contributed by atoms with van der Waals surface area (Å²) in [5.74, 6) is 0.0333. The van der Waals surface area contributed by atoms with Crippen LogP contribution in [-0.4, -0.2) is 0 Å². The second-order valence-corrected chi connectivity index (χ2v) is 7.57. The van der Waals surface area contributed by atoms with E-state index in [1.165, 1.54) is 0 Å². The number of hydrogen-bond donors (Lipinski definition) is 0. The zero-order valence-electron chi connectivity index (χ0n) is 15.0. The third kappa shape index (κ3) is 1.91. The van der Waals surface area contributed by atoms with Gasteiger partial charge in [0.2, 0.25) is 0 Å². The average molecular weight is 336 g/mol. The van der Waals surface area contributed by atoms with Crippen LogP contribution in [0.2, 0.25) is 0 Å². The van der Waals surface area contributed by atoms with E-state index in [1.807, 2.05) is 36.4 Å². The minimum Gasteiger partial charge on any atom is -0.193 e. The summed E-state index contributed by atoms with van der Waals surface area (Å²) in [4.78, 5) is 0. The van der Waals surface area contributed by atoms with Gasteiger partial charge < -0.3 is 0 Å². The van der Waals surface area contributed by atoms with Gasteiger partial charge >= 0.3 is 0 Å². The Kier molecular flexibility index (Phi) is 3.60. The van der Waals surface area contributed by atoms with Gasteiger partial charge in [-0.15, -0.1) is 0 Å². The van der Waals surface area contributed by atoms with Crippen molar-refractivity contribution in [2.24, 2.45) is 10.8 Å². The molecule has 0 radical (unpaired) electrons. The van der Waals surface area contributed by atoms with Crippen molar-refractivity contribution in [3.05, 3.63) is 95.1 Å². The molecule has 0 saturated carbocycles. The Bertz CT molecular complexity index is 905. The van der Waals surface area contributed by atoms with Crippen LogP contribution < -0.4 is 0 Å². The third-order valence-electron chi connectivity index (χ3n) is 6.67. The fourth-order valence-electron chi connectivity index (χ4n) is 5.04. The maximum atomic E-state index is 9.96. The maximum Gasteiger partial charge on any atom is 0.0950 e. The van der Waals surface area contributed by atoms with Gasteiger partial charge in [-0.2, -0.15) is 10.5 Å². The molecule has 2 aliphatic carbocycles. The zero-order chi connectivity index (χ0) is 18.4. The van der Waals surface area contributed by atoms with Crippen molar-refractivity contribution < 1.29 is 0 Å². The standard InChI is InChI=1S/C24H20N2/c1-23-19(15-25)13-22(18-11-7-4-8-12-18)24(23,2)20(16-26)14-21(23)17-9-5-3-6-10-17/h3-14,21-22H,1-2H3/t21?,22?,23-,24-/m1/s1. The van der Waals surface area contributed by atoms with E-state index in [0.717, 1.165) is 22.3 Å². The smallest absolute Gasteiger partial charge is 0.0950 e. The fraction of sp³-hybridized carbons (Fsp3) is 0.250. The highest BCUT2D eigenvalue weighted by Gasteiger charge is 2.64. The second kappa shape index (κ2) is 5.72. The molecule has 0 bridgehead atoms. The molecule has 126 valence electrons. The number of nitrogens with zero attached hydrogens (tertiary/aromatic N) is 2. The predicted molar refractivity (Wildman–Crippen MR) is 102 cm³/mol. The highest BCUT2D eigenvalue weighted by Crippen LogP contribution is 2.71. The van der Waals surface area contributed by atoms with Crippen molar-refractivity contribution in [2.45, 2.75) is 25.7 Å². The fourth-order valence-corrected chi connectivity index (χ4v) is 5.04. The van der Waals surface area contributed by atoms with Gasteiger partial charge in [0.15, 0.2) is 0 Å². The second-order valence-electron chi connectivity index (χ2n) is 7.57. The van der Waals surface area contributed by atoms with E-state index < -0.39 is 10.8 Å². The first kappa shape index (κ1) is 16.4. The third-order valence-corrected chi connectivity index (χ3v) is 6.67. The SMILES string of the molecule is C[C@]12C(C#N)=CC(c3ccccc3)[C@@]1(C)C(C#N)=CC2c1ccccc1. The molecule has 0 aliphatic heterocycles. The molecule has 2 aromatic rings. The van der Waals surface area contributed by atoms with Gasteiger partial charge in [0.1, 0.15) is 0 Å². The Labute approximate surface area is 154 Å². The zero-order valence-corrected chi connectivity index (χ0v) is 15.0. The normalized spacial score (nSPS) is 32.2. The summed E-state index contributed by atoms with van der Waals surface area (Å²) in [6.45, 7) is 4.31. The van der Waals surface area contributed by atoms with Gasteiger partial charge in [0.25, 0.3) is 0 Å². The lowest BCUT2D eigenvalue weighted by Gasteiger charge is -2.44. The minimum absolute atomic E-state index is 0.0166. The number of benzene rings is 2. The monoisotopic (exact) mass is 336 g/mol. The van der Waals surface area contributed by atoms with Crippen molar-refractivity contribution in [1.82, 2.24) is 0 Å². The lowest BCUT2D eigenvalue weighted by Crippen LogP contribution is -2.39. The van der Waals surface area contributed by atoms with E-state index in [2.05, 4.69) is 62.4 Å². The Morgan fingerprint density at radius 3 is 1.31 bits per heavy atom. The maximum absolute atomic E-state index is 9.96. The highest BCUT2D eigenvalue weighted by atomic mass is 14.7. The van der Waals surface area contributed by atoms with Crippen LogP contribution in [-0.2, 0) is 0 Å². The van der Waals surface area contributed by atoms with Crippen LogP contribution in [0.1, 0.15) is 36.8 Å². The summed E-state index contributed by atoms with van der Waals surface area (Å²) in [6, 6.07) is 25.4. The molecule has 4 atom stereocenters. The van der Waals surface area contributed by atoms with Crippen LogP contribution in [0.5, 0.6) is 0 Å². The van der Waals surface area contributed by atoms with Crippen LogP contribution in [0.4, 0.5) is 0 Å². The van der Waals surface area contributed by atoms with E-state index in [4.69, 9.17) is 0 Å². The molecular weight excluding hydrogens is 316 g/mol. The summed E-state index contributed by atoms with van der Waals surface area (Å²) >= 11 is 0. The Morgan fingerprint density at radius 2 is 1.00 bits per heavy atom. The summed E-state index contributed by atoms with van der Waals surface area (Å²) in [5.41, 5.74) is 3.00. The van der Waals surface area contributed by atoms with Crippen LogP contribution in [0, 0.1) is 33.5 Å². The molecule has 0 aromatic heterocycles. The Morgan fingerprint density at radius 1 is 0.654 bits per heavy atom. The van der Waals surface area contributed by atoms with Crippen molar-refractivity contribution in [3.63, 3.8) is 0 Å². The lowest BCUT2D eigenvalue weighted by atomic mass is 9.56. The molecule has 0 N–H and O–H groups in total. The van der Waals surface area contributed by atoms with Crippen LogP contribution in [0.25, 0.3) is 0 Å². The predicted octanol–water partition coefficient (Wildman–Crippen LogP) is 5.49. The molecule has 2 aliphatic rings. The lowest BCUT2D eigenvalue weighted by molar-refractivity contribution is 0.171. The highest BCUT2D eigenvalue weighted by molar-refractivity contribution is 5.59. The first-order valence-corrected chi connectivity index (χ1v) is 8.92. The molecular formula is C24H20N2. The van der Waals surface area contributed by atoms with Gasteiger partial charge in [-0.25, -0.2) is 0 Å². The number of allylic oxidation sites excluding steroid dienone is 4. The topological polar surface area (TPSA) is 47.6 Å². The molecule has 0 heterocycles. The van der Waals surface area contributed by atoms with E-state index >= 15 is 0 Å². The molecule has 2 nitrogen and oxygen atoms in total. The molecule has 2 unspecified atom stereocenters. The summed E-state index contributed by atoms with van der Waals surface area (Å²) in [5, 5.41) is 19.9. The van der Waals surface area contributed by atoms with Gasteiger partial charge in [-0.1, -0.05) is 86.7 Å². The van der Waals surface area contributed by atoms with Crippen LogP contribution >= 0.6 is 0 Å². The number of nitriles is 2. The van der Waals surface area contributed by atoms with Crippen molar-refractivity contribution in [2.75, 3.05) is 0 Å². The van der Waals surface area contributed by atoms with Gasteiger partial charge in [0, 0.05) is 33.8 Å². The largest absolute Gasteiger partial charge is 0.193 e. The van der Waals surface area contributed by atoms with Gasteiger partial charge in [-0.3, -0.25) is 0 Å². The van der Waals surface area contributed by atoms with Crippen LogP contribution in [0.3, 0.4) is 0 Å². The van der Waals surface area contributed by atoms with E-state index in [1.54, 1.807) is 0 Å². The number of fused-ring (bicyclic) bond motifs is 1. The van der Waals surface area contributed by atoms with Crippen molar-refractivity contribution in [1.29, 1.82) is 10.5 Å². The first-order chi connectivity index (χ1) is 12.6. The quantitative estimate of drug-likeness (QED) is 0.727. The molecule has 2 heteroatoms. The van der Waals surface area contributed by atoms with Crippen LogP contribution in [0.15, 0.2) is 84.0 Å². The number of hydrogen-bond acceptors (Lipinski definition) is 2. The average Bonchev–Trinajstić information content (AvgIpc) is 3.06. The molecule has 2 aromatic carbocycles. The summed E-state index contributed by atoms with van der Waals surface area (Å²) < 4.78 is 0. The van der Waals surface area contributed by atoms with E-state index in [0.29, 0.717) is 0 Å². The Hall–Kier alpha value is -3.10. The number of rotatable bonds is 2. The molecule has 4 rings (SSSR count). The van der Waals surface area contributed by atoms with Crippen molar-refractivity contribution >= 4 is 0 Å². The first-order valence-electron chi connectivity index (χ1n) is 8.92. The van der Waals surface area contributed by atoms with Gasteiger partial charge in [-0.05, 0) is 11.1 Å². The van der Waals surface area contributed by atoms with E-state index in [-0.39, 0.29) is 11.8 Å². The summed E-state index contributed by atoms with van der Waals surface area (Å²) in [6.07, 6.45) is 4.19. The molecule has 0 amide bonds. The van der Waals surface area contributed by atoms with E-state index in [9.17, 15) is 10.5 Å².